The lowest BCUT2D eigenvalue weighted by Crippen LogP contribution is -2.31. The summed E-state index contributed by atoms with van der Waals surface area (Å²) in [6.07, 6.45) is 5.37. The standard InChI is InChI=1S/C27H32N4OS/c1-5-30(22-11-9-10-12-22)24(32)19-33-26-29-28-25(31(26)23-13-7-6-8-14-23)20-15-17-21(18-16-20)27(2,3)4/h6-8,11,13-18H,5,9-10,12,19H2,1-4H3. The molecule has 0 aliphatic heterocycles. The molecule has 2 aromatic carbocycles. The molecule has 0 radical (unpaired) electrons. The molecule has 0 bridgehead atoms. The minimum atomic E-state index is 0.0902. The molecule has 1 aromatic heterocycles. The molecule has 0 saturated heterocycles. The van der Waals surface area contributed by atoms with Crippen LogP contribution < -0.4 is 0 Å². The van der Waals surface area contributed by atoms with Crippen LogP contribution in [0.2, 0.25) is 0 Å². The van der Waals surface area contributed by atoms with Crippen LogP contribution in [0.25, 0.3) is 17.1 Å². The molecule has 0 spiro atoms. The van der Waals surface area contributed by atoms with Crippen LogP contribution in [-0.2, 0) is 10.2 Å². The number of rotatable bonds is 7. The van der Waals surface area contributed by atoms with Crippen LogP contribution in [0.3, 0.4) is 0 Å². The number of aromatic nitrogens is 3. The first-order chi connectivity index (χ1) is 15.9. The van der Waals surface area contributed by atoms with Gasteiger partial charge in [0.1, 0.15) is 0 Å². The third-order valence-electron chi connectivity index (χ3n) is 5.96. The van der Waals surface area contributed by atoms with Gasteiger partial charge in [0, 0.05) is 23.5 Å². The van der Waals surface area contributed by atoms with Gasteiger partial charge in [-0.1, -0.05) is 81.1 Å². The molecule has 1 heterocycles. The van der Waals surface area contributed by atoms with Crippen LogP contribution in [0, 0.1) is 0 Å². The molecule has 0 unspecified atom stereocenters. The van der Waals surface area contributed by atoms with Crippen molar-refractivity contribution in [3.8, 4) is 17.1 Å². The Kier molecular flexibility index (Phi) is 7.03. The van der Waals surface area contributed by atoms with Gasteiger partial charge in [-0.05, 0) is 49.3 Å². The predicted molar refractivity (Wildman–Crippen MR) is 136 cm³/mol. The molecular weight excluding hydrogens is 428 g/mol. The summed E-state index contributed by atoms with van der Waals surface area (Å²) in [6.45, 7) is 9.36. The number of carbonyl (C=O) groups excluding carboxylic acids is 1. The number of allylic oxidation sites excluding steroid dienone is 2. The summed E-state index contributed by atoms with van der Waals surface area (Å²) < 4.78 is 2.05. The maximum Gasteiger partial charge on any atom is 0.237 e. The van der Waals surface area contributed by atoms with Gasteiger partial charge in [-0.25, -0.2) is 0 Å². The second-order valence-electron chi connectivity index (χ2n) is 9.32. The van der Waals surface area contributed by atoms with Gasteiger partial charge in [0.2, 0.25) is 5.91 Å². The van der Waals surface area contributed by atoms with E-state index in [4.69, 9.17) is 0 Å². The lowest BCUT2D eigenvalue weighted by Gasteiger charge is -2.22. The zero-order chi connectivity index (χ0) is 23.4. The van der Waals surface area contributed by atoms with Gasteiger partial charge < -0.3 is 4.90 Å². The van der Waals surface area contributed by atoms with Crippen LogP contribution >= 0.6 is 11.8 Å². The SMILES string of the molecule is CCN(C(=O)CSc1nnc(-c2ccc(C(C)(C)C)cc2)n1-c1ccccc1)C1=CCCC1. The second kappa shape index (κ2) is 9.96. The maximum absolute atomic E-state index is 13.0. The Bertz CT molecular complexity index is 1130. The molecule has 3 aromatic rings. The fraction of sp³-hybridized carbons (Fsp3) is 0.370. The van der Waals surface area contributed by atoms with E-state index in [-0.39, 0.29) is 11.3 Å². The average molecular weight is 461 g/mol. The normalized spacial score (nSPS) is 13.8. The minimum Gasteiger partial charge on any atom is -0.316 e. The second-order valence-corrected chi connectivity index (χ2v) is 10.3. The fourth-order valence-corrected chi connectivity index (χ4v) is 4.95. The summed E-state index contributed by atoms with van der Waals surface area (Å²) in [6, 6.07) is 18.6. The molecular formula is C27H32N4OS. The first-order valence-corrected chi connectivity index (χ1v) is 12.6. The van der Waals surface area contributed by atoms with E-state index in [1.54, 1.807) is 0 Å². The molecule has 172 valence electrons. The van der Waals surface area contributed by atoms with E-state index in [9.17, 15) is 4.79 Å². The molecule has 0 atom stereocenters. The lowest BCUT2D eigenvalue weighted by molar-refractivity contribution is -0.126. The Morgan fingerprint density at radius 3 is 2.39 bits per heavy atom. The molecule has 4 rings (SSSR count). The van der Waals surface area contributed by atoms with Gasteiger partial charge in [0.05, 0.1) is 5.75 Å². The van der Waals surface area contributed by atoms with E-state index in [1.807, 2.05) is 42.2 Å². The number of thioether (sulfide) groups is 1. The molecule has 1 amide bonds. The van der Waals surface area contributed by atoms with Gasteiger partial charge in [0.25, 0.3) is 0 Å². The highest BCUT2D eigenvalue weighted by molar-refractivity contribution is 7.99. The zero-order valence-corrected chi connectivity index (χ0v) is 20.7. The van der Waals surface area contributed by atoms with Crippen molar-refractivity contribution in [3.05, 3.63) is 71.9 Å². The van der Waals surface area contributed by atoms with Crippen molar-refractivity contribution in [1.29, 1.82) is 0 Å². The minimum absolute atomic E-state index is 0.0902. The molecule has 6 heteroatoms. The number of benzene rings is 2. The summed E-state index contributed by atoms with van der Waals surface area (Å²) >= 11 is 1.45. The van der Waals surface area contributed by atoms with Crippen molar-refractivity contribution >= 4 is 17.7 Å². The summed E-state index contributed by atoms with van der Waals surface area (Å²) in [7, 11) is 0. The van der Waals surface area contributed by atoms with E-state index in [0.717, 1.165) is 47.2 Å². The number of hydrogen-bond donors (Lipinski definition) is 0. The van der Waals surface area contributed by atoms with Crippen LogP contribution in [-0.4, -0.2) is 37.9 Å². The van der Waals surface area contributed by atoms with E-state index in [2.05, 4.69) is 65.9 Å². The van der Waals surface area contributed by atoms with Crippen molar-refractivity contribution in [2.45, 2.75) is 57.5 Å². The van der Waals surface area contributed by atoms with Gasteiger partial charge in [-0.3, -0.25) is 9.36 Å². The van der Waals surface area contributed by atoms with Crippen molar-refractivity contribution in [2.24, 2.45) is 0 Å². The molecule has 1 aliphatic carbocycles. The Labute approximate surface area is 200 Å². The van der Waals surface area contributed by atoms with Crippen molar-refractivity contribution < 1.29 is 4.79 Å². The lowest BCUT2D eigenvalue weighted by atomic mass is 9.87. The summed E-state index contributed by atoms with van der Waals surface area (Å²) in [5, 5.41) is 9.74. The Morgan fingerprint density at radius 2 is 1.79 bits per heavy atom. The van der Waals surface area contributed by atoms with Crippen molar-refractivity contribution in [3.63, 3.8) is 0 Å². The van der Waals surface area contributed by atoms with Gasteiger partial charge >= 0.3 is 0 Å². The van der Waals surface area contributed by atoms with E-state index < -0.39 is 0 Å². The largest absolute Gasteiger partial charge is 0.316 e. The molecule has 33 heavy (non-hydrogen) atoms. The van der Waals surface area contributed by atoms with Gasteiger partial charge in [-0.15, -0.1) is 10.2 Å². The smallest absolute Gasteiger partial charge is 0.237 e. The number of amides is 1. The molecule has 1 aliphatic rings. The van der Waals surface area contributed by atoms with Crippen LogP contribution in [0.4, 0.5) is 0 Å². The molecule has 0 fully saturated rings. The van der Waals surface area contributed by atoms with E-state index >= 15 is 0 Å². The first kappa shape index (κ1) is 23.3. The Hall–Kier alpha value is -2.86. The van der Waals surface area contributed by atoms with Crippen LogP contribution in [0.5, 0.6) is 0 Å². The van der Waals surface area contributed by atoms with E-state index in [0.29, 0.717) is 12.3 Å². The highest BCUT2D eigenvalue weighted by atomic mass is 32.2. The van der Waals surface area contributed by atoms with Crippen LogP contribution in [0.1, 0.15) is 52.5 Å². The number of para-hydroxylation sites is 1. The van der Waals surface area contributed by atoms with Gasteiger partial charge in [0.15, 0.2) is 11.0 Å². The fourth-order valence-electron chi connectivity index (χ4n) is 4.12. The summed E-state index contributed by atoms with van der Waals surface area (Å²) in [5.74, 6) is 1.23. The molecule has 0 N–H and O–H groups in total. The quantitative estimate of drug-likeness (QED) is 0.392. The average Bonchev–Trinajstić information content (AvgIpc) is 3.49. The molecule has 5 nitrogen and oxygen atoms in total. The van der Waals surface area contributed by atoms with Crippen molar-refractivity contribution in [1.82, 2.24) is 19.7 Å². The summed E-state index contributed by atoms with van der Waals surface area (Å²) in [5.41, 5.74) is 4.51. The number of nitrogens with zero attached hydrogens (tertiary/aromatic N) is 4. The van der Waals surface area contributed by atoms with E-state index in [1.165, 1.54) is 17.3 Å². The first-order valence-electron chi connectivity index (χ1n) is 11.6. The topological polar surface area (TPSA) is 51.0 Å². The van der Waals surface area contributed by atoms with Gasteiger partial charge in [-0.2, -0.15) is 0 Å². The Morgan fingerprint density at radius 1 is 1.06 bits per heavy atom. The number of carbonyl (C=O) groups is 1. The molecule has 0 saturated carbocycles. The monoisotopic (exact) mass is 460 g/mol. The number of hydrogen-bond acceptors (Lipinski definition) is 4. The maximum atomic E-state index is 13.0. The Balaban J connectivity index is 1.62. The zero-order valence-electron chi connectivity index (χ0n) is 19.9. The predicted octanol–water partition coefficient (Wildman–Crippen LogP) is 6.24. The van der Waals surface area contributed by atoms with Crippen molar-refractivity contribution in [2.75, 3.05) is 12.3 Å². The summed E-state index contributed by atoms with van der Waals surface area (Å²) in [4.78, 5) is 14.9. The third-order valence-corrected chi connectivity index (χ3v) is 6.88. The van der Waals surface area contributed by atoms with Crippen LogP contribution in [0.15, 0.2) is 71.5 Å². The third kappa shape index (κ3) is 5.22. The highest BCUT2D eigenvalue weighted by Gasteiger charge is 2.22. The highest BCUT2D eigenvalue weighted by Crippen LogP contribution is 2.31.